The highest BCUT2D eigenvalue weighted by atomic mass is 32.2. The van der Waals surface area contributed by atoms with Gasteiger partial charge in [-0.3, -0.25) is 19.3 Å². The van der Waals surface area contributed by atoms with Crippen molar-refractivity contribution in [1.29, 1.82) is 0 Å². The van der Waals surface area contributed by atoms with E-state index in [2.05, 4.69) is 4.90 Å². The first-order valence-electron chi connectivity index (χ1n) is 14.0. The molecule has 1 amide bonds. The van der Waals surface area contributed by atoms with E-state index in [0.29, 0.717) is 26.1 Å². The molecule has 2 heterocycles. The maximum Gasteiger partial charge on any atom is 0.257 e. The number of fused-ring (bicyclic) bond motifs is 1. The standard InChI is InChI=1S/C31H36FN3O6S/c1-18-13-31(18,4)29(37)28(36)25-17-35(42(6,39)40)26-12-27(41-5)24(11-23(25)26)30(38)34-15-19(2)33(14-20(34)3)16-21-7-9-22(32)10-8-21/h7-12,17-20H,13-16H2,1-6H3/t18?,19-,20+,31?/m0/s1. The van der Waals surface area contributed by atoms with Crippen LogP contribution in [0, 0.1) is 17.2 Å². The Morgan fingerprint density at radius 1 is 1.02 bits per heavy atom. The molecule has 0 radical (unpaired) electrons. The molecule has 2 unspecified atom stereocenters. The fraction of sp³-hybridized carbons (Fsp3) is 0.452. The lowest BCUT2D eigenvalue weighted by molar-refractivity contribution is -0.119. The minimum absolute atomic E-state index is 0.00715. The second kappa shape index (κ2) is 10.6. The Morgan fingerprint density at radius 3 is 2.24 bits per heavy atom. The number of carbonyl (C=O) groups excluding carboxylic acids is 3. The zero-order chi connectivity index (χ0) is 30.7. The Hall–Kier alpha value is -3.57. The molecule has 1 aliphatic carbocycles. The molecule has 0 spiro atoms. The first-order valence-corrected chi connectivity index (χ1v) is 15.8. The fourth-order valence-corrected chi connectivity index (χ4v) is 6.78. The van der Waals surface area contributed by atoms with E-state index in [4.69, 9.17) is 4.74 Å². The van der Waals surface area contributed by atoms with Crippen molar-refractivity contribution in [3.63, 3.8) is 0 Å². The number of hydrogen-bond donors (Lipinski definition) is 0. The molecule has 224 valence electrons. The van der Waals surface area contributed by atoms with Crippen molar-refractivity contribution >= 4 is 38.4 Å². The van der Waals surface area contributed by atoms with Crippen LogP contribution in [-0.2, 0) is 21.4 Å². The molecular formula is C31H36FN3O6S. The summed E-state index contributed by atoms with van der Waals surface area (Å²) in [5.41, 5.74) is 0.472. The second-order valence-electron chi connectivity index (χ2n) is 12.1. The number of piperazine rings is 1. The van der Waals surface area contributed by atoms with Gasteiger partial charge in [0.15, 0.2) is 0 Å². The molecule has 1 saturated carbocycles. The number of Topliss-reactive ketones (excluding diaryl/α,β-unsaturated/α-hetero) is 2. The van der Waals surface area contributed by atoms with Gasteiger partial charge in [-0.1, -0.05) is 26.0 Å². The summed E-state index contributed by atoms with van der Waals surface area (Å²) in [4.78, 5) is 44.6. The largest absolute Gasteiger partial charge is 0.496 e. The molecule has 2 aromatic carbocycles. The van der Waals surface area contributed by atoms with Crippen LogP contribution in [0.4, 0.5) is 4.39 Å². The SMILES string of the molecule is COc1cc2c(cc1C(=O)N1C[C@H](C)N(Cc3ccc(F)cc3)C[C@H]1C)c(C(=O)C(=O)C1(C)CC1C)cn2S(C)(=O)=O. The summed E-state index contributed by atoms with van der Waals surface area (Å²) in [5, 5.41) is 0.204. The van der Waals surface area contributed by atoms with Gasteiger partial charge in [-0.25, -0.2) is 16.8 Å². The van der Waals surface area contributed by atoms with Crippen molar-refractivity contribution in [3.8, 4) is 5.75 Å². The van der Waals surface area contributed by atoms with Crippen LogP contribution < -0.4 is 4.74 Å². The van der Waals surface area contributed by atoms with Crippen LogP contribution >= 0.6 is 0 Å². The van der Waals surface area contributed by atoms with E-state index in [1.807, 2.05) is 20.8 Å². The Labute approximate surface area is 245 Å². The summed E-state index contributed by atoms with van der Waals surface area (Å²) in [5.74, 6) is -1.73. The van der Waals surface area contributed by atoms with Crippen LogP contribution in [0.3, 0.4) is 0 Å². The molecule has 2 aliphatic rings. The molecule has 1 saturated heterocycles. The highest BCUT2D eigenvalue weighted by molar-refractivity contribution is 7.89. The van der Waals surface area contributed by atoms with Crippen LogP contribution in [0.25, 0.3) is 10.9 Å². The lowest BCUT2D eigenvalue weighted by Crippen LogP contribution is -2.57. The molecule has 2 fully saturated rings. The van der Waals surface area contributed by atoms with Gasteiger partial charge in [0.1, 0.15) is 11.6 Å². The van der Waals surface area contributed by atoms with Crippen molar-refractivity contribution < 1.29 is 31.9 Å². The lowest BCUT2D eigenvalue weighted by Gasteiger charge is -2.44. The molecule has 0 N–H and O–H groups in total. The zero-order valence-corrected chi connectivity index (χ0v) is 25.5. The number of hydrogen-bond acceptors (Lipinski definition) is 7. The Balaban J connectivity index is 1.50. The van der Waals surface area contributed by atoms with Crippen LogP contribution in [0.2, 0.25) is 0 Å². The third kappa shape index (κ3) is 5.24. The monoisotopic (exact) mass is 597 g/mol. The van der Waals surface area contributed by atoms with Crippen LogP contribution in [0.1, 0.15) is 60.4 Å². The highest BCUT2D eigenvalue weighted by Crippen LogP contribution is 2.53. The van der Waals surface area contributed by atoms with Crippen molar-refractivity contribution in [2.45, 2.75) is 52.7 Å². The minimum Gasteiger partial charge on any atom is -0.496 e. The van der Waals surface area contributed by atoms with Gasteiger partial charge in [-0.2, -0.15) is 0 Å². The molecule has 3 aromatic rings. The van der Waals surface area contributed by atoms with Crippen molar-refractivity contribution in [1.82, 2.24) is 13.8 Å². The zero-order valence-electron chi connectivity index (χ0n) is 24.7. The molecule has 1 aliphatic heterocycles. The van der Waals surface area contributed by atoms with Gasteiger partial charge in [0, 0.05) is 54.8 Å². The van der Waals surface area contributed by atoms with Gasteiger partial charge >= 0.3 is 0 Å². The summed E-state index contributed by atoms with van der Waals surface area (Å²) in [6, 6.07) is 9.08. The van der Waals surface area contributed by atoms with Gasteiger partial charge in [0.2, 0.25) is 21.6 Å². The van der Waals surface area contributed by atoms with E-state index in [-0.39, 0.29) is 57.5 Å². The van der Waals surface area contributed by atoms with Crippen LogP contribution in [0.5, 0.6) is 5.75 Å². The van der Waals surface area contributed by atoms with Crippen molar-refractivity contribution in [2.75, 3.05) is 26.5 Å². The summed E-state index contributed by atoms with van der Waals surface area (Å²) in [6.45, 7) is 9.20. The van der Waals surface area contributed by atoms with Crippen LogP contribution in [-0.4, -0.2) is 78.2 Å². The Morgan fingerprint density at radius 2 is 1.67 bits per heavy atom. The van der Waals surface area contributed by atoms with Gasteiger partial charge < -0.3 is 9.64 Å². The van der Waals surface area contributed by atoms with E-state index in [0.717, 1.165) is 15.8 Å². The third-order valence-corrected chi connectivity index (χ3v) is 10.00. The average Bonchev–Trinajstić information content (AvgIpc) is 3.38. The number of aromatic nitrogens is 1. The fourth-order valence-electron chi connectivity index (χ4n) is 5.97. The summed E-state index contributed by atoms with van der Waals surface area (Å²) in [7, 11) is -2.46. The first-order chi connectivity index (χ1) is 19.6. The van der Waals surface area contributed by atoms with Gasteiger partial charge in [0.05, 0.1) is 30.0 Å². The number of nitrogens with zero attached hydrogens (tertiary/aromatic N) is 3. The normalized spacial score (nSPS) is 24.5. The quantitative estimate of drug-likeness (QED) is 0.284. The molecule has 9 nitrogen and oxygen atoms in total. The molecule has 0 bridgehead atoms. The molecular weight excluding hydrogens is 561 g/mol. The number of ether oxygens (including phenoxy) is 1. The van der Waals surface area contributed by atoms with Gasteiger partial charge in [0.25, 0.3) is 5.91 Å². The number of amides is 1. The number of ketones is 2. The number of carbonyl (C=O) groups is 3. The molecule has 4 atom stereocenters. The highest BCUT2D eigenvalue weighted by Gasteiger charge is 2.55. The molecule has 42 heavy (non-hydrogen) atoms. The van der Waals surface area contributed by atoms with Crippen LogP contribution in [0.15, 0.2) is 42.6 Å². The Kier molecular flexibility index (Phi) is 7.55. The van der Waals surface area contributed by atoms with E-state index in [9.17, 15) is 27.2 Å². The number of rotatable bonds is 8. The smallest absolute Gasteiger partial charge is 0.257 e. The average molecular weight is 598 g/mol. The lowest BCUT2D eigenvalue weighted by atomic mass is 9.93. The maximum atomic E-state index is 14.0. The maximum absolute atomic E-state index is 14.0. The second-order valence-corrected chi connectivity index (χ2v) is 13.9. The van der Waals surface area contributed by atoms with Crippen molar-refractivity contribution in [3.05, 3.63) is 65.1 Å². The topological polar surface area (TPSA) is 106 Å². The third-order valence-electron chi connectivity index (χ3n) is 8.98. The van der Waals surface area contributed by atoms with E-state index >= 15 is 0 Å². The number of methoxy groups -OCH3 is 1. The summed E-state index contributed by atoms with van der Waals surface area (Å²) >= 11 is 0. The minimum atomic E-state index is -3.85. The Bertz CT molecular complexity index is 1700. The number of benzene rings is 2. The predicted octanol–water partition coefficient (Wildman–Crippen LogP) is 4.13. The van der Waals surface area contributed by atoms with Gasteiger partial charge in [-0.15, -0.1) is 0 Å². The first kappa shape index (κ1) is 29.9. The van der Waals surface area contributed by atoms with Gasteiger partial charge in [-0.05, 0) is 49.9 Å². The molecule has 11 heteroatoms. The van der Waals surface area contributed by atoms with E-state index in [1.165, 1.54) is 37.6 Å². The number of halogens is 1. The summed E-state index contributed by atoms with van der Waals surface area (Å²) < 4.78 is 45.2. The summed E-state index contributed by atoms with van der Waals surface area (Å²) in [6.07, 6.45) is 2.76. The van der Waals surface area contributed by atoms with Crippen molar-refractivity contribution in [2.24, 2.45) is 11.3 Å². The molecule has 5 rings (SSSR count). The molecule has 1 aromatic heterocycles. The predicted molar refractivity (Wildman–Crippen MR) is 157 cm³/mol. The van der Waals surface area contributed by atoms with E-state index in [1.54, 1.807) is 24.0 Å². The van der Waals surface area contributed by atoms with E-state index < -0.39 is 27.0 Å².